The molecule has 0 radical (unpaired) electrons. The minimum Gasteiger partial charge on any atom is -0.387 e. The highest BCUT2D eigenvalue weighted by Gasteiger charge is 2.27. The summed E-state index contributed by atoms with van der Waals surface area (Å²) in [6.07, 6.45) is 0.465. The lowest BCUT2D eigenvalue weighted by molar-refractivity contribution is -0.122. The minimum absolute atomic E-state index is 0.00222. The van der Waals surface area contributed by atoms with Crippen LogP contribution in [0.4, 0.5) is 0 Å². The lowest BCUT2D eigenvalue weighted by Gasteiger charge is -2.21. The van der Waals surface area contributed by atoms with Crippen molar-refractivity contribution in [2.45, 2.75) is 25.4 Å². The minimum atomic E-state index is -1.21. The first kappa shape index (κ1) is 11.2. The van der Waals surface area contributed by atoms with E-state index in [0.717, 1.165) is 0 Å². The van der Waals surface area contributed by atoms with Crippen LogP contribution in [0.5, 0.6) is 0 Å². The van der Waals surface area contributed by atoms with Crippen molar-refractivity contribution in [1.29, 1.82) is 0 Å². The molecule has 2 nitrogen and oxygen atoms in total. The quantitative estimate of drug-likeness (QED) is 0.682. The van der Waals surface area contributed by atoms with Gasteiger partial charge in [0, 0.05) is 12.8 Å². The first-order valence-corrected chi connectivity index (χ1v) is 4.51. The van der Waals surface area contributed by atoms with Gasteiger partial charge in [0.15, 0.2) is 0 Å². The fourth-order valence-corrected chi connectivity index (χ4v) is 1.10. The third-order valence-electron chi connectivity index (χ3n) is 1.42. The number of hydrogen-bond donors (Lipinski definition) is 1. The number of Topliss-reactive ketones (excluding diaryl/α,β-unsaturated/α-hetero) is 1. The van der Waals surface area contributed by atoms with Crippen molar-refractivity contribution >= 4 is 29.0 Å². The molecule has 0 saturated carbocycles. The van der Waals surface area contributed by atoms with Gasteiger partial charge in [0.1, 0.15) is 5.78 Å². The Bertz CT molecular complexity index is 132. The van der Waals surface area contributed by atoms with E-state index in [1.54, 1.807) is 6.92 Å². The second-order valence-corrected chi connectivity index (χ2v) is 3.10. The molecule has 0 amide bonds. The normalized spacial score (nSPS) is 11.6. The molecule has 1 N–H and O–H groups in total. The van der Waals surface area contributed by atoms with Gasteiger partial charge in [-0.25, -0.2) is 0 Å². The number of rotatable bonds is 5. The number of hydrogen-bond acceptors (Lipinski definition) is 2. The number of carbonyl (C=O) groups excluding carboxylic acids is 1. The number of aliphatic hydroxyl groups is 1. The summed E-state index contributed by atoms with van der Waals surface area (Å²) < 4.78 is 0. The molecule has 0 aromatic rings. The average Bonchev–Trinajstić information content (AvgIpc) is 2.04. The molecule has 0 aromatic heterocycles. The van der Waals surface area contributed by atoms with E-state index >= 15 is 0 Å². The van der Waals surface area contributed by atoms with E-state index in [-0.39, 0.29) is 24.0 Å². The first-order chi connectivity index (χ1) is 5.08. The Morgan fingerprint density at radius 2 is 1.91 bits per heavy atom. The van der Waals surface area contributed by atoms with Crippen LogP contribution in [-0.2, 0) is 4.79 Å². The zero-order valence-electron chi connectivity index (χ0n) is 6.44. The molecular weight excluding hydrogens is 187 g/mol. The number of ketones is 1. The smallest absolute Gasteiger partial charge is 0.135 e. The van der Waals surface area contributed by atoms with Crippen molar-refractivity contribution < 1.29 is 9.90 Å². The largest absolute Gasteiger partial charge is 0.387 e. The molecule has 0 atom stereocenters. The molecule has 0 aliphatic carbocycles. The third-order valence-corrected chi connectivity index (χ3v) is 2.41. The van der Waals surface area contributed by atoms with Crippen molar-refractivity contribution in [3.8, 4) is 0 Å². The Kier molecular flexibility index (Phi) is 5.06. The van der Waals surface area contributed by atoms with Crippen LogP contribution in [0.15, 0.2) is 0 Å². The van der Waals surface area contributed by atoms with Crippen molar-refractivity contribution in [3.63, 3.8) is 0 Å². The average molecular weight is 199 g/mol. The highest BCUT2D eigenvalue weighted by Crippen LogP contribution is 2.15. The van der Waals surface area contributed by atoms with Crippen LogP contribution in [0, 0.1) is 0 Å². The van der Waals surface area contributed by atoms with E-state index in [1.807, 2.05) is 0 Å². The van der Waals surface area contributed by atoms with Crippen molar-refractivity contribution in [2.24, 2.45) is 0 Å². The Morgan fingerprint density at radius 1 is 1.45 bits per heavy atom. The summed E-state index contributed by atoms with van der Waals surface area (Å²) >= 11 is 10.8. The lowest BCUT2D eigenvalue weighted by atomic mass is 10.0. The fourth-order valence-electron chi connectivity index (χ4n) is 0.622. The monoisotopic (exact) mass is 198 g/mol. The summed E-state index contributed by atoms with van der Waals surface area (Å²) in [4.78, 5) is 10.9. The van der Waals surface area contributed by atoms with Crippen molar-refractivity contribution in [3.05, 3.63) is 0 Å². The fraction of sp³-hybridized carbons (Fsp3) is 0.857. The standard InChI is InChI=1S/C7H12Cl2O2/c1-2-6(10)3-7(11,4-8)5-9/h11H,2-5H2,1H3. The highest BCUT2D eigenvalue weighted by molar-refractivity contribution is 6.22. The maximum absolute atomic E-state index is 10.9. The van der Waals surface area contributed by atoms with E-state index in [9.17, 15) is 9.90 Å². The third kappa shape index (κ3) is 3.94. The van der Waals surface area contributed by atoms with Crippen LogP contribution in [-0.4, -0.2) is 28.3 Å². The second kappa shape index (κ2) is 4.96. The van der Waals surface area contributed by atoms with E-state index in [4.69, 9.17) is 23.2 Å². The summed E-state index contributed by atoms with van der Waals surface area (Å²) in [6.45, 7) is 1.74. The molecule has 0 bridgehead atoms. The maximum Gasteiger partial charge on any atom is 0.135 e. The molecule has 0 unspecified atom stereocenters. The van der Waals surface area contributed by atoms with Crippen LogP contribution >= 0.6 is 23.2 Å². The predicted octanol–water partition coefficient (Wildman–Crippen LogP) is 1.56. The van der Waals surface area contributed by atoms with Gasteiger partial charge in [-0.3, -0.25) is 4.79 Å². The van der Waals surface area contributed by atoms with Crippen LogP contribution in [0.25, 0.3) is 0 Å². The van der Waals surface area contributed by atoms with Crippen LogP contribution < -0.4 is 0 Å². The van der Waals surface area contributed by atoms with Gasteiger partial charge in [-0.1, -0.05) is 6.92 Å². The summed E-state index contributed by atoms with van der Waals surface area (Å²) in [5.41, 5.74) is -1.21. The van der Waals surface area contributed by atoms with Gasteiger partial charge in [-0.05, 0) is 0 Å². The number of carbonyl (C=O) groups is 1. The Morgan fingerprint density at radius 3 is 2.18 bits per heavy atom. The van der Waals surface area contributed by atoms with Gasteiger partial charge < -0.3 is 5.11 Å². The Hall–Kier alpha value is 0.210. The molecule has 0 heterocycles. The van der Waals surface area contributed by atoms with E-state index in [1.165, 1.54) is 0 Å². The molecule has 0 spiro atoms. The Labute approximate surface area is 76.5 Å². The molecule has 66 valence electrons. The molecule has 0 aliphatic heterocycles. The van der Waals surface area contributed by atoms with Gasteiger partial charge in [0.2, 0.25) is 0 Å². The molecule has 0 saturated heterocycles. The number of alkyl halides is 2. The Balaban J connectivity index is 3.96. The van der Waals surface area contributed by atoms with E-state index in [0.29, 0.717) is 6.42 Å². The summed E-state index contributed by atoms with van der Waals surface area (Å²) in [6, 6.07) is 0. The van der Waals surface area contributed by atoms with Gasteiger partial charge in [0.05, 0.1) is 17.4 Å². The molecule has 0 aliphatic rings. The van der Waals surface area contributed by atoms with Gasteiger partial charge in [-0.2, -0.15) is 0 Å². The SMILES string of the molecule is CCC(=O)CC(O)(CCl)CCl. The van der Waals surface area contributed by atoms with Crippen LogP contribution in [0.2, 0.25) is 0 Å². The van der Waals surface area contributed by atoms with E-state index in [2.05, 4.69) is 0 Å². The zero-order chi connectivity index (χ0) is 8.91. The predicted molar refractivity (Wildman–Crippen MR) is 46.3 cm³/mol. The molecule has 4 heteroatoms. The maximum atomic E-state index is 10.9. The highest BCUT2D eigenvalue weighted by atomic mass is 35.5. The van der Waals surface area contributed by atoms with Gasteiger partial charge in [-0.15, -0.1) is 23.2 Å². The molecule has 0 aromatic carbocycles. The van der Waals surface area contributed by atoms with E-state index < -0.39 is 5.60 Å². The first-order valence-electron chi connectivity index (χ1n) is 3.44. The second-order valence-electron chi connectivity index (χ2n) is 2.56. The zero-order valence-corrected chi connectivity index (χ0v) is 7.95. The summed E-state index contributed by atoms with van der Waals surface area (Å²) in [7, 11) is 0. The molecule has 0 fully saturated rings. The lowest BCUT2D eigenvalue weighted by Crippen LogP contribution is -2.35. The van der Waals surface area contributed by atoms with Gasteiger partial charge >= 0.3 is 0 Å². The van der Waals surface area contributed by atoms with Gasteiger partial charge in [0.25, 0.3) is 0 Å². The summed E-state index contributed by atoms with van der Waals surface area (Å²) in [5.74, 6) is -0.0152. The number of halogens is 2. The van der Waals surface area contributed by atoms with Crippen molar-refractivity contribution in [2.75, 3.05) is 11.8 Å². The van der Waals surface area contributed by atoms with Crippen LogP contribution in [0.3, 0.4) is 0 Å². The molecule has 11 heavy (non-hydrogen) atoms. The van der Waals surface area contributed by atoms with Crippen LogP contribution in [0.1, 0.15) is 19.8 Å². The summed E-state index contributed by atoms with van der Waals surface area (Å²) in [5, 5.41) is 9.45. The topological polar surface area (TPSA) is 37.3 Å². The molecule has 0 rings (SSSR count). The van der Waals surface area contributed by atoms with Crippen molar-refractivity contribution in [1.82, 2.24) is 0 Å². The molecular formula is C7H12Cl2O2.